The minimum atomic E-state index is -4.92. The highest BCUT2D eigenvalue weighted by Gasteiger charge is 2.37. The number of alkyl halides is 5. The lowest BCUT2D eigenvalue weighted by molar-refractivity contribution is -0.138. The number of nitrogens with zero attached hydrogens (tertiary/aromatic N) is 2. The summed E-state index contributed by atoms with van der Waals surface area (Å²) in [6.07, 6.45) is -7.95. The molecule has 3 nitrogen and oxygen atoms in total. The monoisotopic (exact) mass is 237 g/mol. The maximum absolute atomic E-state index is 12.4. The van der Waals surface area contributed by atoms with Crippen LogP contribution in [0.2, 0.25) is 0 Å². The summed E-state index contributed by atoms with van der Waals surface area (Å²) in [5, 5.41) is 8.47. The van der Waals surface area contributed by atoms with E-state index < -0.39 is 35.1 Å². The maximum Gasteiger partial charge on any atom is 0.419 e. The molecule has 0 unspecified atom stereocenters. The van der Waals surface area contributed by atoms with Gasteiger partial charge in [0.2, 0.25) is 0 Å². The van der Waals surface area contributed by atoms with Gasteiger partial charge in [-0.3, -0.25) is 0 Å². The molecule has 0 aromatic carbocycles. The van der Waals surface area contributed by atoms with Gasteiger partial charge in [-0.05, 0) is 0 Å². The largest absolute Gasteiger partial charge is 0.419 e. The van der Waals surface area contributed by atoms with Crippen molar-refractivity contribution in [1.29, 1.82) is 5.26 Å². The molecule has 8 heteroatoms. The summed E-state index contributed by atoms with van der Waals surface area (Å²) in [6.45, 7) is 0. The Morgan fingerprint density at radius 3 is 2.31 bits per heavy atom. The quantitative estimate of drug-likeness (QED) is 0.763. The summed E-state index contributed by atoms with van der Waals surface area (Å²) >= 11 is 0. The molecule has 1 rings (SSSR count). The van der Waals surface area contributed by atoms with Crippen molar-refractivity contribution in [2.45, 2.75) is 12.6 Å². The zero-order valence-electron chi connectivity index (χ0n) is 7.52. The lowest BCUT2D eigenvalue weighted by Crippen LogP contribution is -2.13. The van der Waals surface area contributed by atoms with Crippen molar-refractivity contribution in [3.05, 3.63) is 22.9 Å². The Morgan fingerprint density at radius 2 is 1.94 bits per heavy atom. The van der Waals surface area contributed by atoms with Gasteiger partial charge in [0, 0.05) is 6.20 Å². The summed E-state index contributed by atoms with van der Waals surface area (Å²) in [7, 11) is 0. The van der Waals surface area contributed by atoms with Gasteiger partial charge in [-0.1, -0.05) is 0 Å². The second kappa shape index (κ2) is 3.92. The first-order chi connectivity index (χ1) is 7.29. The number of hydrogen-bond donors (Lipinski definition) is 1. The molecule has 1 aromatic rings. The molecule has 0 spiro atoms. The summed E-state index contributed by atoms with van der Waals surface area (Å²) in [6, 6.07) is 1.07. The molecule has 0 saturated carbocycles. The van der Waals surface area contributed by atoms with Crippen molar-refractivity contribution in [3.8, 4) is 6.07 Å². The molecule has 0 aliphatic rings. The molecule has 0 atom stereocenters. The van der Waals surface area contributed by atoms with E-state index in [0.717, 1.165) is 6.07 Å². The first-order valence-corrected chi connectivity index (χ1v) is 3.82. The molecule has 1 heterocycles. The Morgan fingerprint density at radius 1 is 1.38 bits per heavy atom. The highest BCUT2D eigenvalue weighted by atomic mass is 19.4. The Balaban J connectivity index is 3.58. The van der Waals surface area contributed by atoms with Gasteiger partial charge in [0.05, 0.1) is 16.7 Å². The molecular weight excluding hydrogens is 233 g/mol. The van der Waals surface area contributed by atoms with Crippen LogP contribution in [-0.2, 0) is 6.18 Å². The Kier molecular flexibility index (Phi) is 2.98. The number of nitrogens with two attached hydrogens (primary N) is 1. The minimum absolute atomic E-state index is 0.264. The van der Waals surface area contributed by atoms with Crippen molar-refractivity contribution in [2.75, 3.05) is 5.73 Å². The molecule has 0 bridgehead atoms. The Labute approximate surface area is 86.3 Å². The molecule has 0 aliphatic carbocycles. The molecule has 0 saturated heterocycles. The number of halogens is 5. The number of aromatic nitrogens is 1. The summed E-state index contributed by atoms with van der Waals surface area (Å²) in [5.74, 6) is -0.778. The number of nitriles is 1. The van der Waals surface area contributed by atoms with Crippen LogP contribution in [0.3, 0.4) is 0 Å². The van der Waals surface area contributed by atoms with Gasteiger partial charge in [0.25, 0.3) is 6.43 Å². The van der Waals surface area contributed by atoms with Crippen LogP contribution in [0.5, 0.6) is 0 Å². The number of hydrogen-bond acceptors (Lipinski definition) is 3. The first kappa shape index (κ1) is 12.2. The van der Waals surface area contributed by atoms with Crippen molar-refractivity contribution in [1.82, 2.24) is 4.98 Å². The van der Waals surface area contributed by atoms with Crippen LogP contribution in [0.1, 0.15) is 23.1 Å². The molecule has 0 amide bonds. The van der Waals surface area contributed by atoms with Gasteiger partial charge in [-0.15, -0.1) is 0 Å². The van der Waals surface area contributed by atoms with E-state index in [1.165, 1.54) is 0 Å². The standard InChI is InChI=1S/C8H4F5N3/c9-6(10)5-3(1-14)4(8(11,12)13)2-16-7(5)15/h2,6H,(H2,15,16). The molecule has 0 fully saturated rings. The topological polar surface area (TPSA) is 62.7 Å². The zero-order chi connectivity index (χ0) is 12.5. The van der Waals surface area contributed by atoms with Crippen LogP contribution in [0.4, 0.5) is 27.8 Å². The van der Waals surface area contributed by atoms with E-state index in [0.29, 0.717) is 0 Å². The van der Waals surface area contributed by atoms with Crippen molar-refractivity contribution in [3.63, 3.8) is 0 Å². The van der Waals surface area contributed by atoms with E-state index in [2.05, 4.69) is 4.98 Å². The minimum Gasteiger partial charge on any atom is -0.383 e. The average Bonchev–Trinajstić information content (AvgIpc) is 2.14. The SMILES string of the molecule is N#Cc1c(C(F)(F)F)cnc(N)c1C(F)F. The fraction of sp³-hybridized carbons (Fsp3) is 0.250. The van der Waals surface area contributed by atoms with Crippen LogP contribution in [-0.4, -0.2) is 4.98 Å². The third-order valence-corrected chi connectivity index (χ3v) is 1.78. The lowest BCUT2D eigenvalue weighted by Gasteiger charge is -2.12. The second-order valence-electron chi connectivity index (χ2n) is 2.76. The van der Waals surface area contributed by atoms with E-state index >= 15 is 0 Å². The normalized spacial score (nSPS) is 11.6. The zero-order valence-corrected chi connectivity index (χ0v) is 7.52. The van der Waals surface area contributed by atoms with Gasteiger partial charge in [0.15, 0.2) is 0 Å². The maximum atomic E-state index is 12.4. The third kappa shape index (κ3) is 2.03. The van der Waals surface area contributed by atoms with Gasteiger partial charge in [0.1, 0.15) is 11.9 Å². The number of rotatable bonds is 1. The molecule has 86 valence electrons. The summed E-state index contributed by atoms with van der Waals surface area (Å²) in [5.41, 5.74) is 1.12. The first-order valence-electron chi connectivity index (χ1n) is 3.82. The number of anilines is 1. The summed E-state index contributed by atoms with van der Waals surface area (Å²) < 4.78 is 61.8. The molecule has 2 N–H and O–H groups in total. The van der Waals surface area contributed by atoms with E-state index in [1.807, 2.05) is 0 Å². The van der Waals surface area contributed by atoms with E-state index in [1.54, 1.807) is 0 Å². The fourth-order valence-electron chi connectivity index (χ4n) is 1.10. The van der Waals surface area contributed by atoms with Gasteiger partial charge >= 0.3 is 6.18 Å². The van der Waals surface area contributed by atoms with Crippen LogP contribution in [0, 0.1) is 11.3 Å². The van der Waals surface area contributed by atoms with Crippen LogP contribution < -0.4 is 5.73 Å². The van der Waals surface area contributed by atoms with E-state index in [4.69, 9.17) is 11.0 Å². The van der Waals surface area contributed by atoms with Crippen LogP contribution >= 0.6 is 0 Å². The molecule has 1 aromatic heterocycles. The fourth-order valence-corrected chi connectivity index (χ4v) is 1.10. The second-order valence-corrected chi connectivity index (χ2v) is 2.76. The molecule has 0 radical (unpaired) electrons. The van der Waals surface area contributed by atoms with Gasteiger partial charge < -0.3 is 5.73 Å². The van der Waals surface area contributed by atoms with Crippen LogP contribution in [0.15, 0.2) is 6.20 Å². The highest BCUT2D eigenvalue weighted by molar-refractivity contribution is 5.55. The smallest absolute Gasteiger partial charge is 0.383 e. The molecule has 16 heavy (non-hydrogen) atoms. The van der Waals surface area contributed by atoms with E-state index in [-0.39, 0.29) is 6.20 Å². The highest BCUT2D eigenvalue weighted by Crippen LogP contribution is 2.37. The van der Waals surface area contributed by atoms with Crippen molar-refractivity contribution < 1.29 is 22.0 Å². The number of nitrogen functional groups attached to an aromatic ring is 1. The van der Waals surface area contributed by atoms with Crippen LogP contribution in [0.25, 0.3) is 0 Å². The molecule has 0 aliphatic heterocycles. The predicted octanol–water partition coefficient (Wildman–Crippen LogP) is 2.49. The third-order valence-electron chi connectivity index (χ3n) is 1.78. The van der Waals surface area contributed by atoms with Crippen molar-refractivity contribution in [2.24, 2.45) is 0 Å². The number of pyridine rings is 1. The molecular formula is C8H4F5N3. The van der Waals surface area contributed by atoms with E-state index in [9.17, 15) is 22.0 Å². The Bertz CT molecular complexity index is 446. The van der Waals surface area contributed by atoms with Crippen molar-refractivity contribution >= 4 is 5.82 Å². The summed E-state index contributed by atoms with van der Waals surface area (Å²) in [4.78, 5) is 3.00. The van der Waals surface area contributed by atoms with Gasteiger partial charge in [-0.25, -0.2) is 13.8 Å². The lowest BCUT2D eigenvalue weighted by atomic mass is 10.0. The Hall–Kier alpha value is -1.91. The average molecular weight is 237 g/mol. The predicted molar refractivity (Wildman–Crippen MR) is 43.3 cm³/mol. The van der Waals surface area contributed by atoms with Gasteiger partial charge in [-0.2, -0.15) is 18.4 Å².